The van der Waals surface area contributed by atoms with Gasteiger partial charge in [-0.15, -0.1) is 11.3 Å². The molecule has 3 heterocycles. The normalized spacial score (nSPS) is 15.5. The lowest BCUT2D eigenvalue weighted by molar-refractivity contribution is -0.117. The molecule has 0 saturated heterocycles. The number of thiazole rings is 1. The van der Waals surface area contributed by atoms with Gasteiger partial charge in [0.15, 0.2) is 39.5 Å². The van der Waals surface area contributed by atoms with Crippen molar-refractivity contribution in [2.45, 2.75) is 19.9 Å². The zero-order valence-electron chi connectivity index (χ0n) is 20.8. The van der Waals surface area contributed by atoms with Crippen molar-refractivity contribution in [3.05, 3.63) is 75.7 Å². The molecular weight excluding hydrogens is 496 g/mol. The maximum absolute atomic E-state index is 13.9. The van der Waals surface area contributed by atoms with Crippen LogP contribution in [0.1, 0.15) is 32.7 Å². The molecule has 190 valence electrons. The average molecular weight is 521 g/mol. The monoisotopic (exact) mass is 520 g/mol. The molecule has 10 heteroatoms. The first-order chi connectivity index (χ1) is 17.8. The number of nitrogens with zero attached hydrogens (tertiary/aromatic N) is 2. The van der Waals surface area contributed by atoms with Crippen LogP contribution in [0.4, 0.5) is 5.13 Å². The highest BCUT2D eigenvalue weighted by atomic mass is 32.1. The zero-order chi connectivity index (χ0) is 26.4. The molecule has 1 atom stereocenters. The third-order valence-corrected chi connectivity index (χ3v) is 7.42. The number of aliphatic hydroxyl groups is 1. The third-order valence-electron chi connectivity index (χ3n) is 6.35. The number of Topliss-reactive ketones (excluding diaryl/α,β-unsaturated/α-hetero) is 1. The molecule has 0 aliphatic carbocycles. The van der Waals surface area contributed by atoms with Gasteiger partial charge in [-0.25, -0.2) is 4.98 Å². The molecular formula is C27H24N2O7S. The minimum absolute atomic E-state index is 0.0346. The Balaban J connectivity index is 1.69. The van der Waals surface area contributed by atoms with Crippen molar-refractivity contribution in [1.82, 2.24) is 4.98 Å². The number of benzene rings is 2. The number of carbonyl (C=O) groups excluding carboxylic acids is 2. The number of hydrogen-bond acceptors (Lipinski definition) is 9. The van der Waals surface area contributed by atoms with Crippen LogP contribution in [0.25, 0.3) is 11.0 Å². The summed E-state index contributed by atoms with van der Waals surface area (Å²) in [5.74, 6) is -0.708. The number of amides is 1. The number of methoxy groups -OCH3 is 3. The van der Waals surface area contributed by atoms with Crippen LogP contribution in [0.2, 0.25) is 0 Å². The van der Waals surface area contributed by atoms with Gasteiger partial charge in [0.2, 0.25) is 5.78 Å². The van der Waals surface area contributed by atoms with E-state index in [-0.39, 0.29) is 11.3 Å². The Bertz CT molecular complexity index is 1560. The summed E-state index contributed by atoms with van der Waals surface area (Å²) < 4.78 is 22.0. The smallest absolute Gasteiger partial charge is 0.296 e. The lowest BCUT2D eigenvalue weighted by atomic mass is 9.95. The Labute approximate surface area is 216 Å². The number of carbonyl (C=O) groups is 2. The Morgan fingerprint density at radius 2 is 1.76 bits per heavy atom. The summed E-state index contributed by atoms with van der Waals surface area (Å²) in [4.78, 5) is 34.1. The van der Waals surface area contributed by atoms with Gasteiger partial charge in [0, 0.05) is 10.3 Å². The first-order valence-corrected chi connectivity index (χ1v) is 12.1. The number of ether oxygens (including phenoxy) is 3. The molecule has 9 nitrogen and oxygen atoms in total. The van der Waals surface area contributed by atoms with Gasteiger partial charge in [-0.05, 0) is 43.7 Å². The lowest BCUT2D eigenvalue weighted by Gasteiger charge is -2.25. The fourth-order valence-electron chi connectivity index (χ4n) is 4.37. The Morgan fingerprint density at radius 3 is 2.41 bits per heavy atom. The number of fused-ring (bicyclic) bond motifs is 1. The summed E-state index contributed by atoms with van der Waals surface area (Å²) in [6.07, 6.45) is 0. The van der Waals surface area contributed by atoms with Crippen LogP contribution in [-0.2, 0) is 4.79 Å². The van der Waals surface area contributed by atoms with E-state index in [0.29, 0.717) is 38.9 Å². The summed E-state index contributed by atoms with van der Waals surface area (Å²) in [5, 5.41) is 12.1. The van der Waals surface area contributed by atoms with Crippen molar-refractivity contribution < 1.29 is 33.3 Å². The molecule has 1 N–H and O–H groups in total. The first-order valence-electron chi connectivity index (χ1n) is 11.3. The van der Waals surface area contributed by atoms with Gasteiger partial charge in [-0.2, -0.15) is 0 Å². The van der Waals surface area contributed by atoms with Crippen molar-refractivity contribution in [3.63, 3.8) is 0 Å². The van der Waals surface area contributed by atoms with Gasteiger partial charge in [-0.1, -0.05) is 18.2 Å². The first kappa shape index (κ1) is 24.4. The van der Waals surface area contributed by atoms with Crippen molar-refractivity contribution in [2.75, 3.05) is 26.2 Å². The Kier molecular flexibility index (Phi) is 6.12. The molecule has 0 saturated carbocycles. The maximum Gasteiger partial charge on any atom is 0.296 e. The highest BCUT2D eigenvalue weighted by molar-refractivity contribution is 7.15. The van der Waals surface area contributed by atoms with Gasteiger partial charge in [0.05, 0.1) is 38.6 Å². The van der Waals surface area contributed by atoms with E-state index in [0.717, 1.165) is 10.6 Å². The Morgan fingerprint density at radius 1 is 1.03 bits per heavy atom. The molecule has 2 aromatic carbocycles. The van der Waals surface area contributed by atoms with Gasteiger partial charge < -0.3 is 23.7 Å². The SMILES string of the molecule is COc1ccc(C2C(C(=O)c3cc4cccc(OC)c4o3)=C(O)C(=O)N2c2nc(C)c(C)s2)cc1OC. The quantitative estimate of drug-likeness (QED) is 0.326. The largest absolute Gasteiger partial charge is 0.503 e. The molecule has 2 aromatic heterocycles. The summed E-state index contributed by atoms with van der Waals surface area (Å²) in [6.45, 7) is 3.73. The number of aryl methyl sites for hydroxylation is 2. The van der Waals surface area contributed by atoms with Crippen LogP contribution in [0, 0.1) is 13.8 Å². The van der Waals surface area contributed by atoms with E-state index in [1.54, 1.807) is 42.5 Å². The van der Waals surface area contributed by atoms with E-state index in [2.05, 4.69) is 4.98 Å². The van der Waals surface area contributed by atoms with E-state index < -0.39 is 23.5 Å². The summed E-state index contributed by atoms with van der Waals surface area (Å²) in [6, 6.07) is 10.9. The molecule has 1 unspecified atom stereocenters. The minimum Gasteiger partial charge on any atom is -0.503 e. The highest BCUT2D eigenvalue weighted by Crippen LogP contribution is 2.45. The maximum atomic E-state index is 13.9. The van der Waals surface area contributed by atoms with Crippen molar-refractivity contribution in [1.29, 1.82) is 0 Å². The number of hydrogen-bond donors (Lipinski definition) is 1. The van der Waals surface area contributed by atoms with Crippen LogP contribution in [-0.4, -0.2) is 43.1 Å². The second-order valence-electron chi connectivity index (χ2n) is 8.41. The molecule has 1 aliphatic heterocycles. The fourth-order valence-corrected chi connectivity index (χ4v) is 5.31. The topological polar surface area (TPSA) is 111 Å². The molecule has 5 rings (SSSR count). The van der Waals surface area contributed by atoms with Crippen molar-refractivity contribution >= 4 is 39.1 Å². The molecule has 37 heavy (non-hydrogen) atoms. The molecule has 0 bridgehead atoms. The summed E-state index contributed by atoms with van der Waals surface area (Å²) in [7, 11) is 4.51. The second-order valence-corrected chi connectivity index (χ2v) is 9.59. The lowest BCUT2D eigenvalue weighted by Crippen LogP contribution is -2.31. The highest BCUT2D eigenvalue weighted by Gasteiger charge is 2.47. The Hall–Kier alpha value is -4.31. The van der Waals surface area contributed by atoms with Gasteiger partial charge in [0.25, 0.3) is 5.91 Å². The number of rotatable bonds is 7. The van der Waals surface area contributed by atoms with Crippen molar-refractivity contribution in [3.8, 4) is 17.2 Å². The van der Waals surface area contributed by atoms with Crippen LogP contribution < -0.4 is 19.1 Å². The molecule has 1 aliphatic rings. The molecule has 0 fully saturated rings. The number of para-hydroxylation sites is 1. The number of furan rings is 1. The second kappa shape index (κ2) is 9.29. The van der Waals surface area contributed by atoms with Crippen molar-refractivity contribution in [2.24, 2.45) is 0 Å². The predicted molar refractivity (Wildman–Crippen MR) is 138 cm³/mol. The molecule has 0 radical (unpaired) electrons. The zero-order valence-corrected chi connectivity index (χ0v) is 21.6. The number of aliphatic hydroxyl groups excluding tert-OH is 1. The number of ketones is 1. The van der Waals surface area contributed by atoms with Gasteiger partial charge >= 0.3 is 0 Å². The van der Waals surface area contributed by atoms with E-state index in [1.165, 1.54) is 37.6 Å². The molecule has 1 amide bonds. The molecule has 4 aromatic rings. The molecule has 0 spiro atoms. The average Bonchev–Trinajstić information content (AvgIpc) is 3.56. The predicted octanol–water partition coefficient (Wildman–Crippen LogP) is 5.31. The van der Waals surface area contributed by atoms with E-state index in [1.807, 2.05) is 13.8 Å². The van der Waals surface area contributed by atoms with Crippen LogP contribution >= 0.6 is 11.3 Å². The fraction of sp³-hybridized carbons (Fsp3) is 0.222. The summed E-state index contributed by atoms with van der Waals surface area (Å²) >= 11 is 1.30. The standard InChI is InChI=1S/C27H24N2O7S/c1-13-14(2)37-27(28-13)29-22(15-9-10-17(33-3)19(11-15)35-5)21(24(31)26(29)32)23(30)20-12-16-7-6-8-18(34-4)25(16)36-20/h6-12,22,31H,1-5H3. The summed E-state index contributed by atoms with van der Waals surface area (Å²) in [5.41, 5.74) is 1.55. The third kappa shape index (κ3) is 3.89. The van der Waals surface area contributed by atoms with Crippen LogP contribution in [0.3, 0.4) is 0 Å². The van der Waals surface area contributed by atoms with E-state index >= 15 is 0 Å². The minimum atomic E-state index is -0.986. The van der Waals surface area contributed by atoms with Gasteiger partial charge in [0.1, 0.15) is 0 Å². The number of anilines is 1. The van der Waals surface area contributed by atoms with E-state index in [9.17, 15) is 14.7 Å². The van der Waals surface area contributed by atoms with Gasteiger partial charge in [-0.3, -0.25) is 14.5 Å². The number of aromatic nitrogens is 1. The van der Waals surface area contributed by atoms with Crippen LogP contribution in [0.15, 0.2) is 58.2 Å². The van der Waals surface area contributed by atoms with Crippen LogP contribution in [0.5, 0.6) is 17.2 Å². The van der Waals surface area contributed by atoms with E-state index in [4.69, 9.17) is 18.6 Å².